The van der Waals surface area contributed by atoms with Crippen LogP contribution in [0.3, 0.4) is 0 Å². The summed E-state index contributed by atoms with van der Waals surface area (Å²) in [6.07, 6.45) is 0. The lowest BCUT2D eigenvalue weighted by atomic mass is 10.1. The number of benzene rings is 1. The van der Waals surface area contributed by atoms with E-state index in [1.54, 1.807) is 0 Å². The quantitative estimate of drug-likeness (QED) is 0.855. The summed E-state index contributed by atoms with van der Waals surface area (Å²) < 4.78 is 0. The van der Waals surface area contributed by atoms with Gasteiger partial charge in [-0.2, -0.15) is 4.98 Å². The molecule has 0 radical (unpaired) electrons. The van der Waals surface area contributed by atoms with Crippen LogP contribution in [0.1, 0.15) is 27.7 Å². The Kier molecular flexibility index (Phi) is 4.63. The monoisotopic (exact) mass is 288 g/mol. The molecule has 1 heterocycles. The number of rotatable bonds is 6. The molecule has 114 valence electrons. The molecule has 0 fully saturated rings. The van der Waals surface area contributed by atoms with Crippen molar-refractivity contribution < 1.29 is 5.11 Å². The van der Waals surface area contributed by atoms with Crippen LogP contribution >= 0.6 is 0 Å². The molecular formula is C16H24N4O. The van der Waals surface area contributed by atoms with E-state index < -0.39 is 5.60 Å². The number of anilines is 2. The van der Waals surface area contributed by atoms with Crippen molar-refractivity contribution in [1.82, 2.24) is 9.97 Å². The molecule has 1 aromatic heterocycles. The number of hydrogen-bond donors (Lipinski definition) is 2. The van der Waals surface area contributed by atoms with E-state index in [4.69, 9.17) is 0 Å². The summed E-state index contributed by atoms with van der Waals surface area (Å²) in [7, 11) is 0. The molecule has 0 atom stereocenters. The first-order valence-electron chi connectivity index (χ1n) is 7.42. The molecule has 2 N–H and O–H groups in total. The fourth-order valence-corrected chi connectivity index (χ4v) is 2.34. The topological polar surface area (TPSA) is 61.3 Å². The molecule has 21 heavy (non-hydrogen) atoms. The van der Waals surface area contributed by atoms with Crippen LogP contribution < -0.4 is 10.2 Å². The molecule has 0 unspecified atom stereocenters. The molecule has 0 aliphatic rings. The van der Waals surface area contributed by atoms with Gasteiger partial charge >= 0.3 is 0 Å². The van der Waals surface area contributed by atoms with Crippen molar-refractivity contribution in [3.63, 3.8) is 0 Å². The van der Waals surface area contributed by atoms with Crippen LogP contribution in [0.4, 0.5) is 11.8 Å². The fourth-order valence-electron chi connectivity index (χ4n) is 2.34. The molecule has 1 aromatic carbocycles. The van der Waals surface area contributed by atoms with E-state index in [1.807, 2.05) is 45.0 Å². The van der Waals surface area contributed by atoms with Gasteiger partial charge in [-0.15, -0.1) is 0 Å². The Labute approximate surface area is 126 Å². The van der Waals surface area contributed by atoms with Crippen molar-refractivity contribution in [1.29, 1.82) is 0 Å². The maximum Gasteiger partial charge on any atom is 0.225 e. The van der Waals surface area contributed by atoms with Gasteiger partial charge in [0.25, 0.3) is 0 Å². The molecular weight excluding hydrogens is 264 g/mol. The van der Waals surface area contributed by atoms with Gasteiger partial charge in [-0.05, 0) is 39.8 Å². The van der Waals surface area contributed by atoms with Gasteiger partial charge in [0.15, 0.2) is 0 Å². The molecule has 2 rings (SSSR count). The van der Waals surface area contributed by atoms with Crippen LogP contribution in [0, 0.1) is 0 Å². The lowest BCUT2D eigenvalue weighted by Gasteiger charge is -2.30. The lowest BCUT2D eigenvalue weighted by molar-refractivity contribution is 0.0875. The molecule has 5 heteroatoms. The van der Waals surface area contributed by atoms with Crippen LogP contribution in [-0.4, -0.2) is 40.3 Å². The molecule has 0 bridgehead atoms. The fraction of sp³-hybridized carbons (Fsp3) is 0.500. The highest BCUT2D eigenvalue weighted by Gasteiger charge is 2.20. The summed E-state index contributed by atoms with van der Waals surface area (Å²) in [6, 6.07) is 7.97. The predicted molar refractivity (Wildman–Crippen MR) is 87.9 cm³/mol. The first-order chi connectivity index (χ1) is 9.94. The zero-order valence-electron chi connectivity index (χ0n) is 13.2. The van der Waals surface area contributed by atoms with Crippen LogP contribution in [0.2, 0.25) is 0 Å². The van der Waals surface area contributed by atoms with Gasteiger partial charge in [-0.1, -0.05) is 12.1 Å². The Morgan fingerprint density at radius 2 is 1.90 bits per heavy atom. The van der Waals surface area contributed by atoms with Crippen molar-refractivity contribution in [2.45, 2.75) is 33.3 Å². The third kappa shape index (κ3) is 3.82. The van der Waals surface area contributed by atoms with E-state index in [0.717, 1.165) is 29.8 Å². The van der Waals surface area contributed by atoms with Gasteiger partial charge in [-0.25, -0.2) is 4.98 Å². The van der Waals surface area contributed by atoms with Crippen LogP contribution in [0.5, 0.6) is 0 Å². The second kappa shape index (κ2) is 6.26. The minimum atomic E-state index is -0.777. The Balaban J connectivity index is 2.53. The molecule has 0 aliphatic heterocycles. The van der Waals surface area contributed by atoms with Crippen LogP contribution in [-0.2, 0) is 0 Å². The number of nitrogens with one attached hydrogen (secondary N) is 1. The van der Waals surface area contributed by atoms with Crippen molar-refractivity contribution in [2.24, 2.45) is 0 Å². The van der Waals surface area contributed by atoms with E-state index in [2.05, 4.69) is 27.1 Å². The highest BCUT2D eigenvalue weighted by Crippen LogP contribution is 2.26. The van der Waals surface area contributed by atoms with Crippen molar-refractivity contribution >= 4 is 22.7 Å². The number of aromatic nitrogens is 2. The molecule has 0 saturated carbocycles. The van der Waals surface area contributed by atoms with Gasteiger partial charge in [0.2, 0.25) is 5.95 Å². The van der Waals surface area contributed by atoms with Gasteiger partial charge in [-0.3, -0.25) is 0 Å². The number of aliphatic hydroxyl groups is 1. The average molecular weight is 288 g/mol. The minimum absolute atomic E-state index is 0.524. The first kappa shape index (κ1) is 15.5. The molecule has 0 amide bonds. The van der Waals surface area contributed by atoms with Gasteiger partial charge in [0.1, 0.15) is 5.82 Å². The summed E-state index contributed by atoms with van der Waals surface area (Å²) in [5, 5.41) is 14.3. The van der Waals surface area contributed by atoms with Gasteiger partial charge in [0.05, 0.1) is 11.1 Å². The molecule has 0 aliphatic carbocycles. The Morgan fingerprint density at radius 1 is 1.19 bits per heavy atom. The van der Waals surface area contributed by atoms with E-state index in [0.29, 0.717) is 12.5 Å². The minimum Gasteiger partial charge on any atom is -0.389 e. The highest BCUT2D eigenvalue weighted by molar-refractivity contribution is 5.90. The summed E-state index contributed by atoms with van der Waals surface area (Å²) in [5.41, 5.74) is 0.132. The normalized spacial score (nSPS) is 11.7. The Bertz CT molecular complexity index is 607. The predicted octanol–water partition coefficient (Wildman–Crippen LogP) is 2.66. The molecule has 0 spiro atoms. The van der Waals surface area contributed by atoms with Crippen molar-refractivity contribution in [3.05, 3.63) is 24.3 Å². The van der Waals surface area contributed by atoms with Crippen molar-refractivity contribution in [2.75, 3.05) is 29.9 Å². The zero-order valence-corrected chi connectivity index (χ0v) is 13.2. The second-order valence-electron chi connectivity index (χ2n) is 5.74. The standard InChI is InChI=1S/C16H24N4O/c1-5-17-15-18-13-10-8-7-9-12(13)14(19-15)20(6-2)11-16(3,4)21/h7-10,21H,5-6,11H2,1-4H3,(H,17,18,19). The van der Waals surface area contributed by atoms with Crippen LogP contribution in [0.25, 0.3) is 10.9 Å². The van der Waals surface area contributed by atoms with Crippen LogP contribution in [0.15, 0.2) is 24.3 Å². The third-order valence-corrected chi connectivity index (χ3v) is 3.18. The summed E-state index contributed by atoms with van der Waals surface area (Å²) in [5.74, 6) is 1.49. The Hall–Kier alpha value is -1.88. The average Bonchev–Trinajstić information content (AvgIpc) is 2.43. The number of likely N-dealkylation sites (N-methyl/N-ethyl adjacent to an activating group) is 1. The number of fused-ring (bicyclic) bond motifs is 1. The summed E-state index contributed by atoms with van der Waals surface area (Å²) in [6.45, 7) is 9.78. The summed E-state index contributed by atoms with van der Waals surface area (Å²) in [4.78, 5) is 11.3. The SMILES string of the molecule is CCNc1nc(N(CC)CC(C)(C)O)c2ccccc2n1. The van der Waals surface area contributed by atoms with E-state index in [1.165, 1.54) is 0 Å². The number of hydrogen-bond acceptors (Lipinski definition) is 5. The van der Waals surface area contributed by atoms with Crippen molar-refractivity contribution in [3.8, 4) is 0 Å². The number of nitrogens with zero attached hydrogens (tertiary/aromatic N) is 3. The summed E-state index contributed by atoms with van der Waals surface area (Å²) >= 11 is 0. The smallest absolute Gasteiger partial charge is 0.225 e. The Morgan fingerprint density at radius 3 is 2.52 bits per heavy atom. The second-order valence-corrected chi connectivity index (χ2v) is 5.74. The largest absolute Gasteiger partial charge is 0.389 e. The van der Waals surface area contributed by atoms with E-state index >= 15 is 0 Å². The maximum atomic E-state index is 10.1. The van der Waals surface area contributed by atoms with Gasteiger partial charge in [0, 0.05) is 25.0 Å². The molecule has 2 aromatic rings. The van der Waals surface area contributed by atoms with Gasteiger partial charge < -0.3 is 15.3 Å². The first-order valence-corrected chi connectivity index (χ1v) is 7.42. The highest BCUT2D eigenvalue weighted by atomic mass is 16.3. The molecule has 0 saturated heterocycles. The van der Waals surface area contributed by atoms with E-state index in [-0.39, 0.29) is 0 Å². The lowest BCUT2D eigenvalue weighted by Crippen LogP contribution is -2.39. The third-order valence-electron chi connectivity index (χ3n) is 3.18. The maximum absolute atomic E-state index is 10.1. The molecule has 5 nitrogen and oxygen atoms in total. The zero-order chi connectivity index (χ0) is 15.5. The van der Waals surface area contributed by atoms with E-state index in [9.17, 15) is 5.11 Å². The number of para-hydroxylation sites is 1.